The van der Waals surface area contributed by atoms with Crippen LogP contribution in [0.15, 0.2) is 30.3 Å². The van der Waals surface area contributed by atoms with Crippen LogP contribution >= 0.6 is 0 Å². The first-order valence-corrected chi connectivity index (χ1v) is 8.06. The molecule has 7 nitrogen and oxygen atoms in total. The highest BCUT2D eigenvalue weighted by Crippen LogP contribution is 2.12. The summed E-state index contributed by atoms with van der Waals surface area (Å²) in [6.45, 7) is 3.81. The van der Waals surface area contributed by atoms with Crippen molar-refractivity contribution < 1.29 is 19.1 Å². The van der Waals surface area contributed by atoms with Gasteiger partial charge in [-0.2, -0.15) is 0 Å². The SMILES string of the molecule is COc1ccc(/C=C/C(=O)NCCC(=O)NCC(=O)NC(C)C)cc1. The van der Waals surface area contributed by atoms with Crippen LogP contribution in [0.4, 0.5) is 0 Å². The molecule has 3 amide bonds. The van der Waals surface area contributed by atoms with Crippen LogP contribution in [0.5, 0.6) is 5.75 Å². The summed E-state index contributed by atoms with van der Waals surface area (Å²) in [7, 11) is 1.59. The zero-order chi connectivity index (χ0) is 18.7. The Labute approximate surface area is 147 Å². The number of rotatable bonds is 9. The minimum absolute atomic E-state index is 0.0289. The topological polar surface area (TPSA) is 96.5 Å². The molecule has 7 heteroatoms. The fourth-order valence-electron chi connectivity index (χ4n) is 1.89. The van der Waals surface area contributed by atoms with E-state index < -0.39 is 0 Å². The van der Waals surface area contributed by atoms with E-state index in [1.54, 1.807) is 25.3 Å². The third kappa shape index (κ3) is 9.14. The molecule has 0 aliphatic rings. The van der Waals surface area contributed by atoms with Crippen molar-refractivity contribution in [2.24, 2.45) is 0 Å². The van der Waals surface area contributed by atoms with E-state index in [0.29, 0.717) is 0 Å². The summed E-state index contributed by atoms with van der Waals surface area (Å²) in [5.74, 6) is -0.0796. The number of carbonyl (C=O) groups is 3. The molecule has 1 aromatic rings. The highest BCUT2D eigenvalue weighted by atomic mass is 16.5. The summed E-state index contributed by atoms with van der Waals surface area (Å²) in [4.78, 5) is 34.7. The lowest BCUT2D eigenvalue weighted by molar-refractivity contribution is -0.126. The van der Waals surface area contributed by atoms with Crippen LogP contribution in [0, 0.1) is 0 Å². The zero-order valence-electron chi connectivity index (χ0n) is 14.8. The summed E-state index contributed by atoms with van der Waals surface area (Å²) in [5.41, 5.74) is 0.866. The van der Waals surface area contributed by atoms with Gasteiger partial charge in [-0.25, -0.2) is 0 Å². The van der Waals surface area contributed by atoms with Gasteiger partial charge in [-0.3, -0.25) is 14.4 Å². The Bertz CT molecular complexity index is 609. The normalized spacial score (nSPS) is 10.6. The predicted octanol–water partition coefficient (Wildman–Crippen LogP) is 0.856. The van der Waals surface area contributed by atoms with Gasteiger partial charge in [0.25, 0.3) is 0 Å². The maximum absolute atomic E-state index is 11.7. The van der Waals surface area contributed by atoms with E-state index in [4.69, 9.17) is 4.74 Å². The van der Waals surface area contributed by atoms with Crippen LogP contribution in [0.3, 0.4) is 0 Å². The first-order valence-electron chi connectivity index (χ1n) is 8.06. The molecule has 136 valence electrons. The average Bonchev–Trinajstić information content (AvgIpc) is 2.58. The summed E-state index contributed by atoms with van der Waals surface area (Å²) in [6, 6.07) is 7.30. The van der Waals surface area contributed by atoms with E-state index in [9.17, 15) is 14.4 Å². The largest absolute Gasteiger partial charge is 0.497 e. The lowest BCUT2D eigenvalue weighted by Gasteiger charge is -2.09. The van der Waals surface area contributed by atoms with E-state index in [2.05, 4.69) is 16.0 Å². The molecule has 0 spiro atoms. The van der Waals surface area contributed by atoms with Gasteiger partial charge in [0.2, 0.25) is 17.7 Å². The van der Waals surface area contributed by atoms with Crippen molar-refractivity contribution in [1.82, 2.24) is 16.0 Å². The van der Waals surface area contributed by atoms with E-state index in [0.717, 1.165) is 11.3 Å². The van der Waals surface area contributed by atoms with E-state index >= 15 is 0 Å². The smallest absolute Gasteiger partial charge is 0.244 e. The molecule has 3 N–H and O–H groups in total. The van der Waals surface area contributed by atoms with E-state index in [1.165, 1.54) is 6.08 Å². The fourth-order valence-corrected chi connectivity index (χ4v) is 1.89. The monoisotopic (exact) mass is 347 g/mol. The Morgan fingerprint density at radius 2 is 1.76 bits per heavy atom. The molecule has 0 aliphatic heterocycles. The summed E-state index contributed by atoms with van der Waals surface area (Å²) >= 11 is 0. The van der Waals surface area contributed by atoms with Crippen LogP contribution in [-0.4, -0.2) is 44.0 Å². The molecule has 0 atom stereocenters. The number of nitrogens with one attached hydrogen (secondary N) is 3. The Balaban J connectivity index is 2.23. The van der Waals surface area contributed by atoms with Gasteiger partial charge in [0.15, 0.2) is 0 Å². The molecule has 0 aliphatic carbocycles. The molecular weight excluding hydrogens is 322 g/mol. The van der Waals surface area contributed by atoms with Gasteiger partial charge in [-0.1, -0.05) is 12.1 Å². The molecule has 0 saturated carbocycles. The molecule has 0 aromatic heterocycles. The molecule has 0 fully saturated rings. The maximum Gasteiger partial charge on any atom is 0.244 e. The second-order valence-corrected chi connectivity index (χ2v) is 5.65. The Hall–Kier alpha value is -2.83. The van der Waals surface area contributed by atoms with Gasteiger partial charge in [-0.15, -0.1) is 0 Å². The van der Waals surface area contributed by atoms with Crippen molar-refractivity contribution >= 4 is 23.8 Å². The standard InChI is InChI=1S/C18H25N3O4/c1-13(2)21-18(24)12-20-17(23)10-11-19-16(22)9-6-14-4-7-15(25-3)8-5-14/h4-9,13H,10-12H2,1-3H3,(H,19,22)(H,20,23)(H,21,24)/b9-6+. The molecular formula is C18H25N3O4. The quantitative estimate of drug-likeness (QED) is 0.577. The van der Waals surface area contributed by atoms with Crippen LogP contribution in [0.2, 0.25) is 0 Å². The minimum atomic E-state index is -0.293. The van der Waals surface area contributed by atoms with Crippen molar-refractivity contribution in [3.63, 3.8) is 0 Å². The van der Waals surface area contributed by atoms with Crippen molar-refractivity contribution in [2.45, 2.75) is 26.3 Å². The van der Waals surface area contributed by atoms with Crippen LogP contribution in [0.25, 0.3) is 6.08 Å². The van der Waals surface area contributed by atoms with Crippen LogP contribution in [-0.2, 0) is 14.4 Å². The van der Waals surface area contributed by atoms with Gasteiger partial charge >= 0.3 is 0 Å². The zero-order valence-corrected chi connectivity index (χ0v) is 14.8. The number of amides is 3. The number of methoxy groups -OCH3 is 1. The molecule has 25 heavy (non-hydrogen) atoms. The van der Waals surface area contributed by atoms with Gasteiger partial charge in [-0.05, 0) is 37.6 Å². The lowest BCUT2D eigenvalue weighted by Crippen LogP contribution is -2.40. The van der Waals surface area contributed by atoms with E-state index in [1.807, 2.05) is 26.0 Å². The molecule has 0 unspecified atom stereocenters. The number of ether oxygens (including phenoxy) is 1. The predicted molar refractivity (Wildman–Crippen MR) is 95.9 cm³/mol. The Morgan fingerprint density at radius 3 is 2.36 bits per heavy atom. The van der Waals surface area contributed by atoms with Crippen molar-refractivity contribution in [1.29, 1.82) is 0 Å². The van der Waals surface area contributed by atoms with Crippen molar-refractivity contribution in [3.05, 3.63) is 35.9 Å². The van der Waals surface area contributed by atoms with Crippen LogP contribution in [0.1, 0.15) is 25.8 Å². The maximum atomic E-state index is 11.7. The summed E-state index contributed by atoms with van der Waals surface area (Å²) < 4.78 is 5.06. The first-order chi connectivity index (χ1) is 11.9. The van der Waals surface area contributed by atoms with E-state index in [-0.39, 0.29) is 43.3 Å². The Morgan fingerprint density at radius 1 is 1.08 bits per heavy atom. The highest BCUT2D eigenvalue weighted by Gasteiger charge is 2.06. The van der Waals surface area contributed by atoms with Crippen LogP contribution < -0.4 is 20.7 Å². The van der Waals surface area contributed by atoms with Gasteiger partial charge in [0.05, 0.1) is 13.7 Å². The van der Waals surface area contributed by atoms with Crippen molar-refractivity contribution in [3.8, 4) is 5.75 Å². The average molecular weight is 347 g/mol. The fraction of sp³-hybridized carbons (Fsp3) is 0.389. The number of hydrogen-bond acceptors (Lipinski definition) is 4. The molecule has 0 bridgehead atoms. The van der Waals surface area contributed by atoms with Crippen molar-refractivity contribution in [2.75, 3.05) is 20.2 Å². The third-order valence-electron chi connectivity index (χ3n) is 3.09. The first kappa shape index (κ1) is 20.2. The lowest BCUT2D eigenvalue weighted by atomic mass is 10.2. The van der Waals surface area contributed by atoms with Gasteiger partial charge in [0.1, 0.15) is 5.75 Å². The molecule has 0 heterocycles. The minimum Gasteiger partial charge on any atom is -0.497 e. The van der Waals surface area contributed by atoms with Gasteiger partial charge < -0.3 is 20.7 Å². The second-order valence-electron chi connectivity index (χ2n) is 5.65. The third-order valence-corrected chi connectivity index (χ3v) is 3.09. The Kier molecular flexibility index (Phi) is 8.78. The second kappa shape index (κ2) is 10.9. The molecule has 1 rings (SSSR count). The molecule has 1 aromatic carbocycles. The molecule has 0 radical (unpaired) electrons. The highest BCUT2D eigenvalue weighted by molar-refractivity contribution is 5.92. The number of benzene rings is 1. The number of hydrogen-bond donors (Lipinski definition) is 3. The number of carbonyl (C=O) groups excluding carboxylic acids is 3. The summed E-state index contributed by atoms with van der Waals surface area (Å²) in [5, 5.41) is 7.78. The molecule has 0 saturated heterocycles. The van der Waals surface area contributed by atoms with Gasteiger partial charge in [0, 0.05) is 25.1 Å². The summed E-state index contributed by atoms with van der Waals surface area (Å²) in [6.07, 6.45) is 3.18.